The summed E-state index contributed by atoms with van der Waals surface area (Å²) in [6.45, 7) is 2.17. The summed E-state index contributed by atoms with van der Waals surface area (Å²) in [5.41, 5.74) is 2.30. The maximum atomic E-state index is 9.45. The van der Waals surface area contributed by atoms with Gasteiger partial charge in [-0.3, -0.25) is 0 Å². The maximum absolute atomic E-state index is 9.45. The van der Waals surface area contributed by atoms with Crippen LogP contribution in [-0.2, 0) is 6.42 Å². The second-order valence-corrected chi connectivity index (χ2v) is 4.49. The average molecular weight is 241 g/mol. The van der Waals surface area contributed by atoms with Crippen LogP contribution < -0.4 is 5.32 Å². The molecule has 0 saturated carbocycles. The van der Waals surface area contributed by atoms with Crippen LogP contribution in [0.3, 0.4) is 0 Å². The first kappa shape index (κ1) is 12.5. The van der Waals surface area contributed by atoms with Crippen LogP contribution in [0.25, 0.3) is 0 Å². The molecule has 0 aliphatic rings. The summed E-state index contributed by atoms with van der Waals surface area (Å²) in [6.07, 6.45) is 2.04. The van der Waals surface area contributed by atoms with Gasteiger partial charge in [0.2, 0.25) is 0 Å². The van der Waals surface area contributed by atoms with Gasteiger partial charge in [-0.2, -0.15) is 0 Å². The molecule has 0 aliphatic heterocycles. The van der Waals surface area contributed by atoms with E-state index in [1.807, 2.05) is 18.2 Å². The minimum atomic E-state index is 0.301. The van der Waals surface area contributed by atoms with E-state index >= 15 is 0 Å². The van der Waals surface area contributed by atoms with E-state index in [0.29, 0.717) is 11.8 Å². The Hall–Kier alpha value is -1.96. The molecule has 2 aromatic carbocycles. The van der Waals surface area contributed by atoms with Crippen molar-refractivity contribution >= 4 is 5.69 Å². The number of phenols is 1. The molecular weight excluding hydrogens is 222 g/mol. The van der Waals surface area contributed by atoms with Crippen LogP contribution in [0.1, 0.15) is 18.9 Å². The summed E-state index contributed by atoms with van der Waals surface area (Å²) in [4.78, 5) is 0. The SMILES string of the molecule is CCC(Cc1ccccc1)Nc1cccc(O)c1. The largest absolute Gasteiger partial charge is 0.508 e. The minimum absolute atomic E-state index is 0.301. The van der Waals surface area contributed by atoms with Gasteiger partial charge in [0.1, 0.15) is 5.75 Å². The lowest BCUT2D eigenvalue weighted by atomic mass is 10.0. The van der Waals surface area contributed by atoms with Crippen LogP contribution in [0.2, 0.25) is 0 Å². The highest BCUT2D eigenvalue weighted by atomic mass is 16.3. The van der Waals surface area contributed by atoms with Crippen molar-refractivity contribution in [1.82, 2.24) is 0 Å². The Kier molecular flexibility index (Phi) is 4.24. The molecule has 0 heterocycles. The fourth-order valence-corrected chi connectivity index (χ4v) is 2.03. The molecule has 1 atom stereocenters. The van der Waals surface area contributed by atoms with Crippen LogP contribution in [-0.4, -0.2) is 11.1 Å². The standard InChI is InChI=1S/C16H19NO/c1-2-14(11-13-7-4-3-5-8-13)17-15-9-6-10-16(18)12-15/h3-10,12,14,17-18H,2,11H2,1H3. The van der Waals surface area contributed by atoms with Crippen LogP contribution in [0.5, 0.6) is 5.75 Å². The highest BCUT2D eigenvalue weighted by molar-refractivity contribution is 5.48. The van der Waals surface area contributed by atoms with Crippen molar-refractivity contribution in [2.24, 2.45) is 0 Å². The third-order valence-electron chi connectivity index (χ3n) is 3.03. The van der Waals surface area contributed by atoms with Crippen molar-refractivity contribution < 1.29 is 5.11 Å². The molecule has 0 spiro atoms. The smallest absolute Gasteiger partial charge is 0.117 e. The van der Waals surface area contributed by atoms with Gasteiger partial charge in [0, 0.05) is 17.8 Å². The molecule has 0 amide bonds. The Bertz CT molecular complexity index is 481. The van der Waals surface area contributed by atoms with Gasteiger partial charge in [-0.25, -0.2) is 0 Å². The third-order valence-corrected chi connectivity index (χ3v) is 3.03. The van der Waals surface area contributed by atoms with Crippen molar-refractivity contribution in [2.75, 3.05) is 5.32 Å². The van der Waals surface area contributed by atoms with Crippen molar-refractivity contribution in [3.8, 4) is 5.75 Å². The van der Waals surface area contributed by atoms with Gasteiger partial charge in [0.15, 0.2) is 0 Å². The molecule has 2 rings (SSSR count). The van der Waals surface area contributed by atoms with Gasteiger partial charge < -0.3 is 10.4 Å². The molecule has 0 radical (unpaired) electrons. The summed E-state index contributed by atoms with van der Waals surface area (Å²) < 4.78 is 0. The minimum Gasteiger partial charge on any atom is -0.508 e. The molecule has 94 valence electrons. The normalized spacial score (nSPS) is 12.1. The van der Waals surface area contributed by atoms with Crippen LogP contribution >= 0.6 is 0 Å². The zero-order valence-corrected chi connectivity index (χ0v) is 10.6. The lowest BCUT2D eigenvalue weighted by Gasteiger charge is -2.18. The first-order valence-electron chi connectivity index (χ1n) is 6.37. The second-order valence-electron chi connectivity index (χ2n) is 4.49. The third kappa shape index (κ3) is 3.52. The van der Waals surface area contributed by atoms with Crippen molar-refractivity contribution in [3.05, 3.63) is 60.2 Å². The van der Waals surface area contributed by atoms with Gasteiger partial charge in [0.25, 0.3) is 0 Å². The van der Waals surface area contributed by atoms with E-state index in [2.05, 4.69) is 36.5 Å². The number of hydrogen-bond acceptors (Lipinski definition) is 2. The summed E-state index contributed by atoms with van der Waals surface area (Å²) in [7, 11) is 0. The Morgan fingerprint density at radius 1 is 1.06 bits per heavy atom. The van der Waals surface area contributed by atoms with Gasteiger partial charge in [-0.05, 0) is 30.5 Å². The van der Waals surface area contributed by atoms with Gasteiger partial charge in [-0.1, -0.05) is 43.3 Å². The molecule has 18 heavy (non-hydrogen) atoms. The van der Waals surface area contributed by atoms with E-state index in [9.17, 15) is 5.11 Å². The zero-order valence-electron chi connectivity index (χ0n) is 10.6. The van der Waals surface area contributed by atoms with Crippen LogP contribution in [0, 0.1) is 0 Å². The number of phenolic OH excluding ortho intramolecular Hbond substituents is 1. The van der Waals surface area contributed by atoms with Gasteiger partial charge >= 0.3 is 0 Å². The number of hydrogen-bond donors (Lipinski definition) is 2. The molecule has 1 unspecified atom stereocenters. The van der Waals surface area contributed by atoms with E-state index in [-0.39, 0.29) is 0 Å². The lowest BCUT2D eigenvalue weighted by Crippen LogP contribution is -2.21. The van der Waals surface area contributed by atoms with E-state index in [1.165, 1.54) is 5.56 Å². The highest BCUT2D eigenvalue weighted by Gasteiger charge is 2.07. The zero-order chi connectivity index (χ0) is 12.8. The fraction of sp³-hybridized carbons (Fsp3) is 0.250. The Morgan fingerprint density at radius 2 is 1.83 bits per heavy atom. The Labute approximate surface area is 108 Å². The number of nitrogens with one attached hydrogen (secondary N) is 1. The second kappa shape index (κ2) is 6.10. The molecule has 2 nitrogen and oxygen atoms in total. The first-order valence-corrected chi connectivity index (χ1v) is 6.37. The number of benzene rings is 2. The molecule has 2 heteroatoms. The predicted molar refractivity (Wildman–Crippen MR) is 76.0 cm³/mol. The summed E-state index contributed by atoms with van der Waals surface area (Å²) in [5.74, 6) is 0.301. The van der Waals surface area contributed by atoms with Crippen molar-refractivity contribution in [2.45, 2.75) is 25.8 Å². The number of rotatable bonds is 5. The molecule has 0 aliphatic carbocycles. The summed E-state index contributed by atoms with van der Waals surface area (Å²) in [6, 6.07) is 18.1. The number of anilines is 1. The Balaban J connectivity index is 2.01. The molecule has 2 N–H and O–H groups in total. The highest BCUT2D eigenvalue weighted by Crippen LogP contribution is 2.18. The van der Waals surface area contributed by atoms with Crippen molar-refractivity contribution in [1.29, 1.82) is 0 Å². The average Bonchev–Trinajstić information content (AvgIpc) is 2.39. The molecule has 0 fully saturated rings. The quantitative estimate of drug-likeness (QED) is 0.834. The first-order chi connectivity index (χ1) is 8.78. The Morgan fingerprint density at radius 3 is 2.50 bits per heavy atom. The maximum Gasteiger partial charge on any atom is 0.117 e. The summed E-state index contributed by atoms with van der Waals surface area (Å²) in [5, 5.41) is 12.9. The predicted octanol–water partition coefficient (Wildman–Crippen LogP) is 3.83. The van der Waals surface area contributed by atoms with E-state index in [1.54, 1.807) is 12.1 Å². The van der Waals surface area contributed by atoms with E-state index < -0.39 is 0 Å². The number of aromatic hydroxyl groups is 1. The lowest BCUT2D eigenvalue weighted by molar-refractivity contribution is 0.475. The summed E-state index contributed by atoms with van der Waals surface area (Å²) >= 11 is 0. The molecule has 2 aromatic rings. The monoisotopic (exact) mass is 241 g/mol. The van der Waals surface area contributed by atoms with Gasteiger partial charge in [-0.15, -0.1) is 0 Å². The van der Waals surface area contributed by atoms with E-state index in [4.69, 9.17) is 0 Å². The fourth-order valence-electron chi connectivity index (χ4n) is 2.03. The van der Waals surface area contributed by atoms with Crippen LogP contribution in [0.15, 0.2) is 54.6 Å². The van der Waals surface area contributed by atoms with Crippen LogP contribution in [0.4, 0.5) is 5.69 Å². The molecular formula is C16H19NO. The van der Waals surface area contributed by atoms with Gasteiger partial charge in [0.05, 0.1) is 0 Å². The topological polar surface area (TPSA) is 32.3 Å². The molecule has 0 bridgehead atoms. The molecule has 0 saturated heterocycles. The van der Waals surface area contributed by atoms with E-state index in [0.717, 1.165) is 18.5 Å². The molecule has 0 aromatic heterocycles. The van der Waals surface area contributed by atoms with Crippen molar-refractivity contribution in [3.63, 3.8) is 0 Å².